The predicted octanol–water partition coefficient (Wildman–Crippen LogP) is 12.4. The van der Waals surface area contributed by atoms with Crippen LogP contribution in [-0.2, 0) is 15.0 Å². The molecule has 246 valence electrons. The molecule has 0 saturated heterocycles. The average Bonchev–Trinajstić information content (AvgIpc) is 2.48. The zero-order valence-corrected chi connectivity index (χ0v) is 42.8. The van der Waals surface area contributed by atoms with Gasteiger partial charge in [0.15, 0.2) is 0 Å². The van der Waals surface area contributed by atoms with Gasteiger partial charge in [-0.05, 0) is 83.1 Å². The predicted molar refractivity (Wildman–Crippen MR) is 212 cm³/mol. The molecule has 0 N–H and O–H groups in total. The molecule has 0 nitrogen and oxygen atoms in total. The van der Waals surface area contributed by atoms with Gasteiger partial charge in [-0.3, -0.25) is 0 Å². The molecule has 0 saturated carbocycles. The summed E-state index contributed by atoms with van der Waals surface area (Å²) >= 11 is 2.64. The van der Waals surface area contributed by atoms with Gasteiger partial charge in [0.25, 0.3) is 0 Å². The van der Waals surface area contributed by atoms with Crippen molar-refractivity contribution in [2.45, 2.75) is 189 Å². The quantitative estimate of drug-likeness (QED) is 0.160. The molecular formula is C32H80P2PdSi4Sn+2. The third kappa shape index (κ3) is 16.1. The van der Waals surface area contributed by atoms with Crippen LogP contribution in [0.4, 0.5) is 0 Å². The van der Waals surface area contributed by atoms with Gasteiger partial charge in [-0.2, -0.15) is 0 Å². The van der Waals surface area contributed by atoms with Crippen molar-refractivity contribution in [1.29, 1.82) is 0 Å². The van der Waals surface area contributed by atoms with E-state index in [9.17, 15) is 0 Å². The summed E-state index contributed by atoms with van der Waals surface area (Å²) in [4.78, 5) is 0. The van der Waals surface area contributed by atoms with E-state index in [2.05, 4.69) is 177 Å². The third-order valence-electron chi connectivity index (χ3n) is 8.23. The van der Waals surface area contributed by atoms with Crippen molar-refractivity contribution in [3.8, 4) is 0 Å². The van der Waals surface area contributed by atoms with Crippen LogP contribution < -0.4 is 0 Å². The van der Waals surface area contributed by atoms with Crippen LogP contribution >= 0.6 is 15.8 Å². The molecule has 0 unspecified atom stereocenters. The zero-order chi connectivity index (χ0) is 33.3. The van der Waals surface area contributed by atoms with Crippen LogP contribution in [0.5, 0.6) is 0 Å². The van der Waals surface area contributed by atoms with Crippen molar-refractivity contribution < 1.29 is 15.0 Å². The van der Waals surface area contributed by atoms with E-state index < -0.39 is 48.4 Å². The Bertz CT molecular complexity index is 669. The maximum atomic E-state index is 4.16. The Morgan fingerprint density at radius 3 is 0.675 bits per heavy atom. The molecule has 0 amide bonds. The topological polar surface area (TPSA) is 0 Å². The molecule has 0 radical (unpaired) electrons. The molecule has 40 heavy (non-hydrogen) atoms. The molecule has 0 aliphatic heterocycles. The second-order valence-electron chi connectivity index (χ2n) is 21.1. The Labute approximate surface area is 277 Å². The molecule has 0 rings (SSSR count). The van der Waals surface area contributed by atoms with Crippen LogP contribution in [0.1, 0.15) is 83.1 Å². The molecule has 0 aromatic heterocycles. The summed E-state index contributed by atoms with van der Waals surface area (Å²) < 4.78 is 2.37. The minimum absolute atomic E-state index is 0.364. The van der Waals surface area contributed by atoms with Gasteiger partial charge in [0.1, 0.15) is 0 Å². The molecule has 0 aliphatic rings. The Hall–Kier alpha value is 3.19. The molecule has 0 fully saturated rings. The van der Waals surface area contributed by atoms with Crippen LogP contribution in [0.15, 0.2) is 0 Å². The van der Waals surface area contributed by atoms with Gasteiger partial charge < -0.3 is 0 Å². The summed E-state index contributed by atoms with van der Waals surface area (Å²) in [5.74, 6) is 0. The van der Waals surface area contributed by atoms with Crippen molar-refractivity contribution in [2.24, 2.45) is 0 Å². The van der Waals surface area contributed by atoms with E-state index in [0.717, 1.165) is 0 Å². The first-order chi connectivity index (χ1) is 16.9. The fourth-order valence-corrected chi connectivity index (χ4v) is 132. The fraction of sp³-hybridized carbons (Fsp3) is 1.00. The molecule has 0 spiro atoms. The van der Waals surface area contributed by atoms with E-state index in [1.54, 1.807) is 0 Å². The Morgan fingerprint density at radius 2 is 0.575 bits per heavy atom. The molecule has 0 aliphatic carbocycles. The van der Waals surface area contributed by atoms with E-state index in [-0.39, 0.29) is 15.8 Å². The van der Waals surface area contributed by atoms with Gasteiger partial charge >= 0.3 is 148 Å². The number of rotatable bonds is 9. The van der Waals surface area contributed by atoms with Crippen molar-refractivity contribution in [3.63, 3.8) is 0 Å². The van der Waals surface area contributed by atoms with E-state index in [1.807, 2.05) is 0 Å². The van der Waals surface area contributed by atoms with Crippen LogP contribution in [-0.4, -0.2) is 81.3 Å². The van der Waals surface area contributed by atoms with Crippen LogP contribution in [0.25, 0.3) is 0 Å². The summed E-state index contributed by atoms with van der Waals surface area (Å²) in [6.07, 6.45) is 2.97. The minimum atomic E-state index is -1.52. The molecule has 0 bridgehead atoms. The first kappa shape index (κ1) is 45.3. The first-order valence-corrected chi connectivity index (χ1v) is 43.2. The van der Waals surface area contributed by atoms with E-state index in [1.165, 1.54) is 18.7 Å². The SMILES string of the molecule is CC(C)(C)[PH+](CC[PH+](C(C)(C)C)C(C)(C)C)C(C)(C)C.C[Si](C)(C)[CH]([Sn](=[Pd])[CH]([Si](C)(C)C)[Si](C)(C)C)[Si](C)(C)C. The molecule has 8 heteroatoms. The Morgan fingerprint density at radius 1 is 0.425 bits per heavy atom. The fourth-order valence-electron chi connectivity index (χ4n) is 8.31. The van der Waals surface area contributed by atoms with Gasteiger partial charge in [-0.1, -0.05) is 0 Å². The summed E-state index contributed by atoms with van der Waals surface area (Å²) in [6, 6.07) is 0. The van der Waals surface area contributed by atoms with Crippen molar-refractivity contribution in [2.75, 3.05) is 12.3 Å². The summed E-state index contributed by atoms with van der Waals surface area (Å²) in [5.41, 5.74) is 0. The molecule has 0 heterocycles. The van der Waals surface area contributed by atoms with Crippen LogP contribution in [0.3, 0.4) is 0 Å². The zero-order valence-electron chi connectivity index (χ0n) is 32.4. The van der Waals surface area contributed by atoms with Gasteiger partial charge in [0.2, 0.25) is 0 Å². The maximum absolute atomic E-state index is 4.16. The molecule has 0 aromatic rings. The number of hydrogen-bond acceptors (Lipinski definition) is 0. The second-order valence-corrected chi connectivity index (χ2v) is 70.3. The second kappa shape index (κ2) is 15.4. The molecule has 0 aromatic carbocycles. The van der Waals surface area contributed by atoms with Crippen molar-refractivity contribution >= 4 is 64.2 Å². The Kier molecular flexibility index (Phi) is 17.4. The van der Waals surface area contributed by atoms with E-state index >= 15 is 0 Å². The van der Waals surface area contributed by atoms with Crippen LogP contribution in [0.2, 0.25) is 84.9 Å². The van der Waals surface area contributed by atoms with Crippen molar-refractivity contribution in [1.82, 2.24) is 0 Å². The normalized spacial score (nSPS) is 15.2. The van der Waals surface area contributed by atoms with E-state index in [0.29, 0.717) is 20.6 Å². The van der Waals surface area contributed by atoms with Gasteiger partial charge in [-0.25, -0.2) is 0 Å². The molecule has 0 atom stereocenters. The summed E-state index contributed by atoms with van der Waals surface area (Å²) in [5, 5.41) is 2.02. The Balaban J connectivity index is 0. The van der Waals surface area contributed by atoms with E-state index in [4.69, 9.17) is 0 Å². The monoisotopic (exact) mass is 864 g/mol. The number of hydrogen-bond donors (Lipinski definition) is 0. The van der Waals surface area contributed by atoms with Gasteiger partial charge in [0, 0.05) is 15.8 Å². The van der Waals surface area contributed by atoms with Crippen LogP contribution in [0, 0.1) is 0 Å². The summed E-state index contributed by atoms with van der Waals surface area (Å²) in [7, 11) is -4.93. The average molecular weight is 864 g/mol. The third-order valence-corrected chi connectivity index (χ3v) is 92.4. The standard InChI is InChI=1S/C18H40P2.2C7H19Si2.Pd.Sn/c1-15(2,3)19(16(4,5)6)13-14-20(17(7,8)9)18(10,11)12;2*1-8(2,3)7-9(4,5)6;;/h13-14H2,1-12H3;2*7H,1-6H3;;/p+2. The molecular weight excluding hydrogens is 784 g/mol. The van der Waals surface area contributed by atoms with Gasteiger partial charge in [-0.15, -0.1) is 0 Å². The van der Waals surface area contributed by atoms with Crippen molar-refractivity contribution in [3.05, 3.63) is 0 Å². The van der Waals surface area contributed by atoms with Gasteiger partial charge in [0.05, 0.1) is 32.9 Å². The first-order valence-electron chi connectivity index (χ1n) is 16.1. The summed E-state index contributed by atoms with van der Waals surface area (Å²) in [6.45, 7) is 61.4.